The molecule has 0 bridgehead atoms. The fraction of sp³-hybridized carbons (Fsp3) is 0.340. The maximum Gasteiger partial charge on any atom is 0.244 e. The van der Waals surface area contributed by atoms with Gasteiger partial charge >= 0.3 is 0 Å². The maximum atomic E-state index is 14.7. The van der Waals surface area contributed by atoms with Crippen LogP contribution in [0.4, 0.5) is 0 Å². The Hall–Kier alpha value is -6.37. The molecule has 1 aromatic heterocycles. The van der Waals surface area contributed by atoms with Crippen LogP contribution in [0.1, 0.15) is 42.9 Å². The number of hydrogen-bond donors (Lipinski definition) is 9. The lowest BCUT2D eigenvalue weighted by atomic mass is 9.99. The summed E-state index contributed by atoms with van der Waals surface area (Å²) < 4.78 is 0. The minimum absolute atomic E-state index is 0.00535. The van der Waals surface area contributed by atoms with Crippen LogP contribution in [0.5, 0.6) is 0 Å². The molecule has 2 heterocycles. The predicted molar refractivity (Wildman–Crippen MR) is 254 cm³/mol. The number of unbranched alkanes of at least 4 members (excludes halogenated alkanes) is 1. The summed E-state index contributed by atoms with van der Waals surface area (Å²) in [6.45, 7) is 1.59. The van der Waals surface area contributed by atoms with E-state index in [0.29, 0.717) is 24.9 Å². The Bertz CT molecular complexity index is 2490. The van der Waals surface area contributed by atoms with Gasteiger partial charge in [0.2, 0.25) is 41.4 Å². The second-order valence-electron chi connectivity index (χ2n) is 16.0. The van der Waals surface area contributed by atoms with Crippen molar-refractivity contribution in [2.45, 2.75) is 81.7 Å². The number of aromatic nitrogens is 1. The minimum atomic E-state index is -1.27. The first-order valence-electron chi connectivity index (χ1n) is 21.5. The van der Waals surface area contributed by atoms with Gasteiger partial charge < -0.3 is 48.4 Å². The second kappa shape index (κ2) is 23.5. The quantitative estimate of drug-likeness (QED) is 0.0652. The summed E-state index contributed by atoms with van der Waals surface area (Å²) in [6, 6.07) is 22.7. The summed E-state index contributed by atoms with van der Waals surface area (Å²) in [5, 5.41) is 19.5. The number of carbonyl (C=O) groups is 7. The van der Waals surface area contributed by atoms with Gasteiger partial charge in [0.05, 0.1) is 0 Å². The number of para-hydroxylation sites is 1. The molecule has 6 atom stereocenters. The number of nitrogens with one attached hydrogen (secondary N) is 7. The van der Waals surface area contributed by atoms with Crippen LogP contribution in [-0.2, 0) is 52.8 Å². The lowest BCUT2D eigenvalue weighted by Crippen LogP contribution is -2.60. The van der Waals surface area contributed by atoms with Crippen molar-refractivity contribution in [3.8, 4) is 0 Å². The molecule has 1 aliphatic heterocycles. The van der Waals surface area contributed by atoms with Gasteiger partial charge in [-0.2, -0.15) is 0 Å². The van der Waals surface area contributed by atoms with Crippen LogP contribution >= 0.6 is 21.6 Å². The van der Waals surface area contributed by atoms with E-state index in [1.54, 1.807) is 30.5 Å². The Kier molecular flexibility index (Phi) is 17.4. The Balaban J connectivity index is 1.38. The first-order chi connectivity index (χ1) is 31.4. The average molecular weight is 922 g/mol. The van der Waals surface area contributed by atoms with Gasteiger partial charge in [-0.25, -0.2) is 0 Å². The molecule has 1 fully saturated rings. The van der Waals surface area contributed by atoms with E-state index in [1.807, 2.05) is 72.8 Å². The maximum absolute atomic E-state index is 14.7. The SMILES string of the molecule is CC(=O)N[C@H]1CSSC[C@@H](C(N)=O)NC(=O)[C@@H](Cc2ccc3ccccc3c2)NC(=O)[C@H](CCCCN)NC(=O)[C@H](Cc2c[nH]c3ccccc23)NC(=O)[C@H](Cc2ccccc2)NC1=O. The molecule has 0 unspecified atom stereocenters. The van der Waals surface area contributed by atoms with E-state index in [-0.39, 0.29) is 37.2 Å². The molecule has 65 heavy (non-hydrogen) atoms. The van der Waals surface area contributed by atoms with E-state index in [0.717, 1.165) is 54.4 Å². The summed E-state index contributed by atoms with van der Waals surface area (Å²) in [7, 11) is 2.29. The third kappa shape index (κ3) is 13.8. The van der Waals surface area contributed by atoms with Crippen molar-refractivity contribution in [3.05, 3.63) is 120 Å². The number of H-pyrrole nitrogens is 1. The van der Waals surface area contributed by atoms with Gasteiger partial charge in [-0.3, -0.25) is 33.6 Å². The molecule has 0 aliphatic carbocycles. The highest BCUT2D eigenvalue weighted by Gasteiger charge is 2.34. The van der Waals surface area contributed by atoms with Crippen molar-refractivity contribution in [3.63, 3.8) is 0 Å². The summed E-state index contributed by atoms with van der Waals surface area (Å²) >= 11 is 0. The zero-order valence-electron chi connectivity index (χ0n) is 36.0. The molecule has 6 rings (SSSR count). The number of primary amides is 1. The monoisotopic (exact) mass is 921 g/mol. The van der Waals surface area contributed by atoms with Crippen molar-refractivity contribution in [1.29, 1.82) is 0 Å². The van der Waals surface area contributed by atoms with Crippen molar-refractivity contribution >= 4 is 84.6 Å². The van der Waals surface area contributed by atoms with Crippen LogP contribution in [0, 0.1) is 0 Å². The van der Waals surface area contributed by atoms with E-state index in [9.17, 15) is 33.6 Å². The standard InChI is InChI=1S/C47H55N9O7S2/c1-28(57)51-41-27-65-64-26-40(42(49)58)56-45(61)38(23-30-18-19-31-13-5-6-14-32(31)21-30)53-43(59)36(17-9-10-20-48)52-46(62)39(24-33-25-50-35-16-8-7-15-34(33)35)55-44(60)37(54-47(41)63)22-29-11-3-2-4-12-29/h2-8,11-16,18-19,21,25,36-41,50H,9-10,17,20,22-24,26-27,48H2,1H3,(H2,49,58)(H,51,57)(H,52,62)(H,53,59)(H,54,63)(H,55,60)(H,56,61)/t36-,37-,38+,39-,40-,41-/m0/s1. The number of amides is 7. The highest BCUT2D eigenvalue weighted by Crippen LogP contribution is 2.24. The van der Waals surface area contributed by atoms with Gasteiger partial charge in [0.1, 0.15) is 36.3 Å². The number of carbonyl (C=O) groups excluding carboxylic acids is 7. The topological polar surface area (TPSA) is 260 Å². The molecule has 5 aromatic rings. The third-order valence-electron chi connectivity index (χ3n) is 11.0. The number of aromatic amines is 1. The molecule has 16 nitrogen and oxygen atoms in total. The van der Waals surface area contributed by atoms with Crippen LogP contribution in [-0.4, -0.2) is 101 Å². The second-order valence-corrected chi connectivity index (χ2v) is 18.5. The van der Waals surface area contributed by atoms with Gasteiger partial charge in [0.25, 0.3) is 0 Å². The Morgan fingerprint density at radius 2 is 1.22 bits per heavy atom. The van der Waals surface area contributed by atoms with Crippen LogP contribution in [0.3, 0.4) is 0 Å². The smallest absolute Gasteiger partial charge is 0.244 e. The van der Waals surface area contributed by atoms with Crippen LogP contribution in [0.15, 0.2) is 103 Å². The summed E-state index contributed by atoms with van der Waals surface area (Å²) in [6.07, 6.45) is 2.92. The molecule has 4 aromatic carbocycles. The molecule has 1 aliphatic rings. The third-order valence-corrected chi connectivity index (χ3v) is 13.4. The summed E-state index contributed by atoms with van der Waals surface area (Å²) in [4.78, 5) is 100. The number of nitrogens with two attached hydrogens (primary N) is 2. The van der Waals surface area contributed by atoms with E-state index < -0.39 is 77.6 Å². The zero-order chi connectivity index (χ0) is 46.3. The van der Waals surface area contributed by atoms with Crippen molar-refractivity contribution in [2.24, 2.45) is 11.5 Å². The van der Waals surface area contributed by atoms with Crippen LogP contribution < -0.4 is 43.4 Å². The highest BCUT2D eigenvalue weighted by atomic mass is 33.1. The number of fused-ring (bicyclic) bond motifs is 2. The predicted octanol–water partition coefficient (Wildman–Crippen LogP) is 2.29. The summed E-state index contributed by atoms with van der Waals surface area (Å²) in [5.41, 5.74) is 14.6. The van der Waals surface area contributed by atoms with Crippen LogP contribution in [0.2, 0.25) is 0 Å². The minimum Gasteiger partial charge on any atom is -0.368 e. The molecule has 342 valence electrons. The molecular weight excluding hydrogens is 867 g/mol. The molecule has 11 N–H and O–H groups in total. The fourth-order valence-corrected chi connectivity index (χ4v) is 9.92. The fourth-order valence-electron chi connectivity index (χ4n) is 7.58. The van der Waals surface area contributed by atoms with E-state index in [4.69, 9.17) is 11.5 Å². The molecule has 18 heteroatoms. The van der Waals surface area contributed by atoms with Gasteiger partial charge in [-0.15, -0.1) is 0 Å². The normalized spacial score (nSPS) is 21.9. The van der Waals surface area contributed by atoms with E-state index >= 15 is 0 Å². The lowest BCUT2D eigenvalue weighted by molar-refractivity contribution is -0.135. The number of benzene rings is 4. The van der Waals surface area contributed by atoms with E-state index in [2.05, 4.69) is 36.9 Å². The molecular formula is C47H55N9O7S2. The Labute approximate surface area is 384 Å². The average Bonchev–Trinajstić information content (AvgIpc) is 3.70. The summed E-state index contributed by atoms with van der Waals surface area (Å²) in [5.74, 6) is -4.72. The molecule has 1 saturated heterocycles. The molecule has 0 saturated carbocycles. The first-order valence-corrected chi connectivity index (χ1v) is 24.0. The lowest BCUT2D eigenvalue weighted by Gasteiger charge is -2.28. The van der Waals surface area contributed by atoms with Gasteiger partial charge in [-0.1, -0.05) is 113 Å². The van der Waals surface area contributed by atoms with E-state index in [1.165, 1.54) is 6.92 Å². The first kappa shape index (κ1) is 48.1. The Morgan fingerprint density at radius 3 is 1.92 bits per heavy atom. The Morgan fingerprint density at radius 1 is 0.631 bits per heavy atom. The highest BCUT2D eigenvalue weighted by molar-refractivity contribution is 8.76. The largest absolute Gasteiger partial charge is 0.368 e. The molecule has 0 spiro atoms. The van der Waals surface area contributed by atoms with Crippen molar-refractivity contribution in [2.75, 3.05) is 18.1 Å². The van der Waals surface area contributed by atoms with Crippen molar-refractivity contribution in [1.82, 2.24) is 36.9 Å². The van der Waals surface area contributed by atoms with Gasteiger partial charge in [0.15, 0.2) is 0 Å². The van der Waals surface area contributed by atoms with Gasteiger partial charge in [-0.05, 0) is 59.3 Å². The van der Waals surface area contributed by atoms with Gasteiger partial charge in [0, 0.05) is 54.8 Å². The molecule has 7 amide bonds. The van der Waals surface area contributed by atoms with Crippen molar-refractivity contribution < 1.29 is 33.6 Å². The number of rotatable bonds is 12. The van der Waals surface area contributed by atoms with Crippen LogP contribution in [0.25, 0.3) is 21.7 Å². The number of hydrogen-bond acceptors (Lipinski definition) is 10. The molecule has 0 radical (unpaired) electrons. The zero-order valence-corrected chi connectivity index (χ0v) is 37.6.